The van der Waals surface area contributed by atoms with E-state index in [-0.39, 0.29) is 12.7 Å². The van der Waals surface area contributed by atoms with Crippen molar-refractivity contribution < 1.29 is 14.3 Å². The number of carbonyl (C=O) groups excluding carboxylic acids is 1. The van der Waals surface area contributed by atoms with Crippen LogP contribution in [0.25, 0.3) is 0 Å². The molecule has 0 saturated carbocycles. The highest BCUT2D eigenvalue weighted by Gasteiger charge is 2.12. The van der Waals surface area contributed by atoms with Crippen LogP contribution < -0.4 is 5.32 Å². The second kappa shape index (κ2) is 8.94. The first-order valence-electron chi connectivity index (χ1n) is 6.60. The summed E-state index contributed by atoms with van der Waals surface area (Å²) in [5.74, 6) is 0. The van der Waals surface area contributed by atoms with Crippen LogP contribution in [0.3, 0.4) is 0 Å². The lowest BCUT2D eigenvalue weighted by Crippen LogP contribution is -2.35. The molecular formula is C15H20N2O3. The lowest BCUT2D eigenvalue weighted by Gasteiger charge is -2.13. The average molecular weight is 276 g/mol. The second-order valence-electron chi connectivity index (χ2n) is 4.60. The van der Waals surface area contributed by atoms with Gasteiger partial charge in [-0.3, -0.25) is 0 Å². The van der Waals surface area contributed by atoms with Crippen LogP contribution in [0.15, 0.2) is 30.3 Å². The van der Waals surface area contributed by atoms with Gasteiger partial charge in [-0.2, -0.15) is 5.26 Å². The molecule has 0 aromatic heterocycles. The molecule has 0 aliphatic rings. The number of hydrogen-bond acceptors (Lipinski definition) is 4. The van der Waals surface area contributed by atoms with Crippen molar-refractivity contribution in [2.24, 2.45) is 0 Å². The first kappa shape index (κ1) is 16.0. The van der Waals surface area contributed by atoms with Crippen LogP contribution in [-0.4, -0.2) is 24.8 Å². The van der Waals surface area contributed by atoms with Gasteiger partial charge in [0.1, 0.15) is 12.6 Å². The Kier molecular flexibility index (Phi) is 7.15. The maximum atomic E-state index is 11.6. The molecule has 1 amide bonds. The highest BCUT2D eigenvalue weighted by molar-refractivity contribution is 5.68. The molecule has 0 aliphatic heterocycles. The molecule has 20 heavy (non-hydrogen) atoms. The number of benzene rings is 1. The van der Waals surface area contributed by atoms with Gasteiger partial charge in [-0.05, 0) is 19.4 Å². The van der Waals surface area contributed by atoms with Crippen LogP contribution in [0, 0.1) is 11.3 Å². The number of ether oxygens (including phenoxy) is 2. The van der Waals surface area contributed by atoms with Crippen LogP contribution in [0.5, 0.6) is 0 Å². The highest BCUT2D eigenvalue weighted by atomic mass is 16.5. The molecule has 5 nitrogen and oxygen atoms in total. The molecule has 0 saturated heterocycles. The zero-order chi connectivity index (χ0) is 14.8. The van der Waals surface area contributed by atoms with Gasteiger partial charge in [0.25, 0.3) is 0 Å². The highest BCUT2D eigenvalue weighted by Crippen LogP contribution is 2.01. The maximum Gasteiger partial charge on any atom is 0.408 e. The normalized spacial score (nSPS) is 11.7. The Balaban J connectivity index is 2.27. The van der Waals surface area contributed by atoms with Crippen LogP contribution in [0.2, 0.25) is 0 Å². The molecule has 1 aromatic carbocycles. The zero-order valence-electron chi connectivity index (χ0n) is 11.8. The molecule has 0 spiro atoms. The Morgan fingerprint density at radius 1 is 1.35 bits per heavy atom. The van der Waals surface area contributed by atoms with Gasteiger partial charge in [-0.15, -0.1) is 0 Å². The third-order valence-electron chi connectivity index (χ3n) is 2.52. The van der Waals surface area contributed by atoms with E-state index in [4.69, 9.17) is 14.7 Å². The maximum absolute atomic E-state index is 11.6. The lowest BCUT2D eigenvalue weighted by atomic mass is 10.2. The summed E-state index contributed by atoms with van der Waals surface area (Å²) in [6.07, 6.45) is -0.0425. The molecule has 1 atom stereocenters. The third-order valence-corrected chi connectivity index (χ3v) is 2.52. The van der Waals surface area contributed by atoms with E-state index in [1.807, 2.05) is 50.2 Å². The number of nitrogens with zero attached hydrogens (tertiary/aromatic N) is 1. The van der Waals surface area contributed by atoms with Crippen molar-refractivity contribution in [2.45, 2.75) is 39.0 Å². The summed E-state index contributed by atoms with van der Waals surface area (Å²) in [5, 5.41) is 11.5. The summed E-state index contributed by atoms with van der Waals surface area (Å²) >= 11 is 0. The Bertz CT molecular complexity index is 440. The van der Waals surface area contributed by atoms with E-state index in [0.29, 0.717) is 13.0 Å². The van der Waals surface area contributed by atoms with Crippen LogP contribution >= 0.6 is 0 Å². The van der Waals surface area contributed by atoms with Crippen molar-refractivity contribution in [3.63, 3.8) is 0 Å². The third kappa shape index (κ3) is 6.76. The molecule has 5 heteroatoms. The minimum absolute atomic E-state index is 0.111. The monoisotopic (exact) mass is 276 g/mol. The van der Waals surface area contributed by atoms with Gasteiger partial charge in [0.2, 0.25) is 0 Å². The number of amides is 1. The van der Waals surface area contributed by atoms with Crippen molar-refractivity contribution in [3.05, 3.63) is 35.9 Å². The fourth-order valence-electron chi connectivity index (χ4n) is 1.50. The van der Waals surface area contributed by atoms with E-state index in [0.717, 1.165) is 5.56 Å². The van der Waals surface area contributed by atoms with E-state index >= 15 is 0 Å². The van der Waals surface area contributed by atoms with E-state index < -0.39 is 12.1 Å². The van der Waals surface area contributed by atoms with Crippen LogP contribution in [-0.2, 0) is 16.1 Å². The van der Waals surface area contributed by atoms with E-state index in [9.17, 15) is 4.79 Å². The fraction of sp³-hybridized carbons (Fsp3) is 0.467. The van der Waals surface area contributed by atoms with Crippen molar-refractivity contribution >= 4 is 6.09 Å². The summed E-state index contributed by atoms with van der Waals surface area (Å²) in [5.41, 5.74) is 0.902. The first-order valence-corrected chi connectivity index (χ1v) is 6.60. The first-order chi connectivity index (χ1) is 9.61. The topological polar surface area (TPSA) is 71.3 Å². The molecule has 0 heterocycles. The van der Waals surface area contributed by atoms with Crippen molar-refractivity contribution in [3.8, 4) is 6.07 Å². The zero-order valence-corrected chi connectivity index (χ0v) is 11.8. The second-order valence-corrected chi connectivity index (χ2v) is 4.60. The number of rotatable bonds is 7. The molecule has 1 unspecified atom stereocenters. The quantitative estimate of drug-likeness (QED) is 0.831. The van der Waals surface area contributed by atoms with Crippen molar-refractivity contribution in [1.29, 1.82) is 5.26 Å². The molecule has 108 valence electrons. The Morgan fingerprint density at radius 3 is 2.65 bits per heavy atom. The van der Waals surface area contributed by atoms with Gasteiger partial charge in [-0.1, -0.05) is 30.3 Å². The van der Waals surface area contributed by atoms with Crippen LogP contribution in [0.1, 0.15) is 25.8 Å². The Morgan fingerprint density at radius 2 is 2.05 bits per heavy atom. The van der Waals surface area contributed by atoms with Gasteiger partial charge >= 0.3 is 6.09 Å². The van der Waals surface area contributed by atoms with Crippen molar-refractivity contribution in [1.82, 2.24) is 5.32 Å². The molecule has 1 aromatic rings. The lowest BCUT2D eigenvalue weighted by molar-refractivity contribution is 0.0733. The minimum Gasteiger partial charge on any atom is -0.445 e. The Hall–Kier alpha value is -2.06. The molecule has 0 bridgehead atoms. The molecular weight excluding hydrogens is 256 g/mol. The summed E-state index contributed by atoms with van der Waals surface area (Å²) < 4.78 is 10.4. The van der Waals surface area contributed by atoms with Gasteiger partial charge in [0.05, 0.1) is 12.2 Å². The fourth-order valence-corrected chi connectivity index (χ4v) is 1.50. The number of nitriles is 1. The van der Waals surface area contributed by atoms with Gasteiger partial charge in [-0.25, -0.2) is 4.79 Å². The number of hydrogen-bond donors (Lipinski definition) is 1. The summed E-state index contributed by atoms with van der Waals surface area (Å²) in [7, 11) is 0. The molecule has 1 rings (SSSR count). The molecule has 0 aliphatic carbocycles. The summed E-state index contributed by atoms with van der Waals surface area (Å²) in [4.78, 5) is 11.6. The van der Waals surface area contributed by atoms with Crippen molar-refractivity contribution in [2.75, 3.05) is 6.61 Å². The summed E-state index contributed by atoms with van der Waals surface area (Å²) in [6.45, 7) is 4.45. The standard InChI is InChI=1S/C15H20N2O3/c1-12(2)19-9-8-14(10-16)17-15(18)20-11-13-6-4-3-5-7-13/h3-7,12,14H,8-9,11H2,1-2H3,(H,17,18). The number of alkyl carbamates (subject to hydrolysis) is 1. The minimum atomic E-state index is -0.600. The van der Waals surface area contributed by atoms with Gasteiger partial charge in [0, 0.05) is 13.0 Å². The predicted molar refractivity (Wildman–Crippen MR) is 74.9 cm³/mol. The van der Waals surface area contributed by atoms with E-state index in [1.165, 1.54) is 0 Å². The van der Waals surface area contributed by atoms with Crippen LogP contribution in [0.4, 0.5) is 4.79 Å². The SMILES string of the molecule is CC(C)OCCC(C#N)NC(=O)OCc1ccccc1. The van der Waals surface area contributed by atoms with E-state index in [1.54, 1.807) is 0 Å². The largest absolute Gasteiger partial charge is 0.445 e. The number of carbonyl (C=O) groups is 1. The van der Waals surface area contributed by atoms with Gasteiger partial charge in [0.15, 0.2) is 0 Å². The van der Waals surface area contributed by atoms with Gasteiger partial charge < -0.3 is 14.8 Å². The smallest absolute Gasteiger partial charge is 0.408 e. The van der Waals surface area contributed by atoms with E-state index in [2.05, 4.69) is 5.32 Å². The average Bonchev–Trinajstić information content (AvgIpc) is 2.44. The molecule has 1 N–H and O–H groups in total. The number of nitrogens with one attached hydrogen (secondary N) is 1. The predicted octanol–water partition coefficient (Wildman–Crippen LogP) is 2.62. The Labute approximate surface area is 119 Å². The summed E-state index contributed by atoms with van der Waals surface area (Å²) in [6, 6.07) is 10.8. The molecule has 0 radical (unpaired) electrons. The molecule has 0 fully saturated rings.